The second-order valence-corrected chi connectivity index (χ2v) is 6.53. The predicted molar refractivity (Wildman–Crippen MR) is 100 cm³/mol. The van der Waals surface area contributed by atoms with Gasteiger partial charge in [0.2, 0.25) is 5.91 Å². The fourth-order valence-corrected chi connectivity index (χ4v) is 2.98. The van der Waals surface area contributed by atoms with Gasteiger partial charge in [-0.2, -0.15) is 0 Å². The lowest BCUT2D eigenvalue weighted by Crippen LogP contribution is -2.40. The number of hydrogen-bond acceptors (Lipinski definition) is 4. The molecule has 0 spiro atoms. The number of aromatic nitrogens is 2. The van der Waals surface area contributed by atoms with Crippen molar-refractivity contribution in [3.8, 4) is 0 Å². The Morgan fingerprint density at radius 3 is 2.42 bits per heavy atom. The summed E-state index contributed by atoms with van der Waals surface area (Å²) in [5.74, 6) is -0.663. The molecule has 0 aliphatic rings. The number of nitrogens with one attached hydrogen (secondary N) is 1. The monoisotopic (exact) mass is 351 g/mol. The lowest BCUT2D eigenvalue weighted by atomic mass is 9.83. The van der Waals surface area contributed by atoms with Crippen LogP contribution >= 0.6 is 0 Å². The van der Waals surface area contributed by atoms with Gasteiger partial charge in [0, 0.05) is 12.8 Å². The first-order valence-corrected chi connectivity index (χ1v) is 8.39. The maximum atomic E-state index is 12.9. The number of carbonyl (C=O) groups is 1. The number of fused-ring (bicyclic) bond motifs is 1. The third-order valence-corrected chi connectivity index (χ3v) is 4.66. The molecule has 3 aromatic rings. The Morgan fingerprint density at radius 2 is 1.77 bits per heavy atom. The van der Waals surface area contributed by atoms with Gasteiger partial charge in [0.1, 0.15) is 5.82 Å². The summed E-state index contributed by atoms with van der Waals surface area (Å²) in [5.41, 5.74) is 2.08. The highest BCUT2D eigenvalue weighted by atomic mass is 16.3. The lowest BCUT2D eigenvalue weighted by molar-refractivity contribution is -0.115. The van der Waals surface area contributed by atoms with Gasteiger partial charge >= 0.3 is 0 Å². The molecule has 0 aliphatic carbocycles. The van der Waals surface area contributed by atoms with Gasteiger partial charge < -0.3 is 5.11 Å². The molecule has 134 valence electrons. The fourth-order valence-electron chi connectivity index (χ4n) is 2.98. The van der Waals surface area contributed by atoms with Crippen molar-refractivity contribution in [3.63, 3.8) is 0 Å². The molecule has 0 fully saturated rings. The summed E-state index contributed by atoms with van der Waals surface area (Å²) in [4.78, 5) is 29.1. The van der Waals surface area contributed by atoms with Crippen molar-refractivity contribution in [1.82, 2.24) is 9.66 Å². The minimum Gasteiger partial charge on any atom is -0.385 e. The number of hydrogen-bond donors (Lipinski definition) is 2. The van der Waals surface area contributed by atoms with Crippen molar-refractivity contribution < 1.29 is 9.90 Å². The van der Waals surface area contributed by atoms with Crippen LogP contribution in [0.3, 0.4) is 0 Å². The average Bonchev–Trinajstić information content (AvgIpc) is 2.63. The molecule has 0 saturated heterocycles. The molecule has 3 rings (SSSR count). The Balaban J connectivity index is 2.22. The summed E-state index contributed by atoms with van der Waals surface area (Å²) in [6.07, 6.45) is 0. The predicted octanol–water partition coefficient (Wildman–Crippen LogP) is 2.50. The number of para-hydroxylation sites is 1. The standard InChI is InChI=1S/C20H21N3O3/c1-13(20(3,26)15-9-5-4-6-10-15)18-21-17-12-8-7-11-16(17)19(25)23(18)22-14(2)24/h4-13,26H,1-3H3,(H,22,24). The van der Waals surface area contributed by atoms with Gasteiger partial charge in [-0.15, -0.1) is 0 Å². The van der Waals surface area contributed by atoms with Crippen molar-refractivity contribution in [1.29, 1.82) is 0 Å². The van der Waals surface area contributed by atoms with Crippen LogP contribution in [0.5, 0.6) is 0 Å². The van der Waals surface area contributed by atoms with E-state index in [2.05, 4.69) is 10.4 Å². The molecule has 0 bridgehead atoms. The van der Waals surface area contributed by atoms with Gasteiger partial charge in [0.25, 0.3) is 5.56 Å². The van der Waals surface area contributed by atoms with Crippen LogP contribution in [0, 0.1) is 0 Å². The summed E-state index contributed by atoms with van der Waals surface area (Å²) < 4.78 is 1.13. The highest BCUT2D eigenvalue weighted by Crippen LogP contribution is 2.35. The maximum Gasteiger partial charge on any atom is 0.280 e. The second kappa shape index (κ2) is 6.72. The Kier molecular flexibility index (Phi) is 4.61. The topological polar surface area (TPSA) is 84.2 Å². The lowest BCUT2D eigenvalue weighted by Gasteiger charge is -2.31. The van der Waals surface area contributed by atoms with Crippen LogP contribution in [0.4, 0.5) is 0 Å². The molecule has 2 N–H and O–H groups in total. The first kappa shape index (κ1) is 17.8. The quantitative estimate of drug-likeness (QED) is 0.756. The van der Waals surface area contributed by atoms with E-state index in [0.29, 0.717) is 16.5 Å². The van der Waals surface area contributed by atoms with Crippen LogP contribution in [-0.2, 0) is 10.4 Å². The van der Waals surface area contributed by atoms with E-state index in [9.17, 15) is 14.7 Å². The maximum absolute atomic E-state index is 12.9. The number of aliphatic hydroxyl groups is 1. The highest BCUT2D eigenvalue weighted by Gasteiger charge is 2.35. The SMILES string of the molecule is CC(=O)Nn1c(C(C)C(C)(O)c2ccccc2)nc2ccccc2c1=O. The second-order valence-electron chi connectivity index (χ2n) is 6.53. The van der Waals surface area contributed by atoms with Crippen molar-refractivity contribution >= 4 is 16.8 Å². The molecule has 6 heteroatoms. The van der Waals surface area contributed by atoms with Crippen LogP contribution in [0.2, 0.25) is 0 Å². The summed E-state index contributed by atoms with van der Waals surface area (Å²) >= 11 is 0. The first-order valence-electron chi connectivity index (χ1n) is 8.39. The fraction of sp³-hybridized carbons (Fsp3) is 0.250. The van der Waals surface area contributed by atoms with Crippen LogP contribution in [0.25, 0.3) is 10.9 Å². The van der Waals surface area contributed by atoms with Crippen LogP contribution in [0.15, 0.2) is 59.4 Å². The molecule has 1 heterocycles. The van der Waals surface area contributed by atoms with Crippen LogP contribution in [0.1, 0.15) is 38.1 Å². The van der Waals surface area contributed by atoms with E-state index in [1.165, 1.54) is 6.92 Å². The third-order valence-electron chi connectivity index (χ3n) is 4.66. The van der Waals surface area contributed by atoms with E-state index in [0.717, 1.165) is 4.68 Å². The third kappa shape index (κ3) is 3.11. The van der Waals surface area contributed by atoms with E-state index in [4.69, 9.17) is 0 Å². The summed E-state index contributed by atoms with van der Waals surface area (Å²) in [6, 6.07) is 16.1. The zero-order valence-electron chi connectivity index (χ0n) is 14.9. The zero-order chi connectivity index (χ0) is 18.9. The Morgan fingerprint density at radius 1 is 1.15 bits per heavy atom. The van der Waals surface area contributed by atoms with Crippen molar-refractivity contribution in [2.24, 2.45) is 0 Å². The van der Waals surface area contributed by atoms with Crippen LogP contribution < -0.4 is 11.0 Å². The molecule has 2 atom stereocenters. The highest BCUT2D eigenvalue weighted by molar-refractivity contribution is 5.82. The summed E-state index contributed by atoms with van der Waals surface area (Å²) in [7, 11) is 0. The molecule has 26 heavy (non-hydrogen) atoms. The molecule has 0 saturated carbocycles. The van der Waals surface area contributed by atoms with E-state index in [1.807, 2.05) is 30.3 Å². The molecule has 0 aliphatic heterocycles. The number of carbonyl (C=O) groups excluding carboxylic acids is 1. The minimum absolute atomic E-state index is 0.290. The molecule has 2 unspecified atom stereocenters. The molecule has 2 aromatic carbocycles. The zero-order valence-corrected chi connectivity index (χ0v) is 14.9. The van der Waals surface area contributed by atoms with Crippen molar-refractivity contribution in [3.05, 3.63) is 76.3 Å². The van der Waals surface area contributed by atoms with E-state index >= 15 is 0 Å². The Labute approximate surface area is 151 Å². The molecule has 1 aromatic heterocycles. The molecular formula is C20H21N3O3. The Hall–Kier alpha value is -2.99. The normalized spacial score (nSPS) is 14.6. The molecule has 6 nitrogen and oxygen atoms in total. The molecular weight excluding hydrogens is 330 g/mol. The summed E-state index contributed by atoms with van der Waals surface area (Å²) in [5, 5.41) is 11.6. The largest absolute Gasteiger partial charge is 0.385 e. The summed E-state index contributed by atoms with van der Waals surface area (Å²) in [6.45, 7) is 4.78. The number of benzene rings is 2. The van der Waals surface area contributed by atoms with Gasteiger partial charge in [0.05, 0.1) is 16.5 Å². The smallest absolute Gasteiger partial charge is 0.280 e. The number of rotatable bonds is 4. The van der Waals surface area contributed by atoms with E-state index in [1.54, 1.807) is 38.1 Å². The average molecular weight is 351 g/mol. The van der Waals surface area contributed by atoms with Gasteiger partial charge in [0.15, 0.2) is 0 Å². The Bertz CT molecular complexity index is 1010. The van der Waals surface area contributed by atoms with Gasteiger partial charge in [-0.1, -0.05) is 49.4 Å². The van der Waals surface area contributed by atoms with Gasteiger partial charge in [-0.3, -0.25) is 15.0 Å². The van der Waals surface area contributed by atoms with Gasteiger partial charge in [-0.05, 0) is 24.6 Å². The van der Waals surface area contributed by atoms with Gasteiger partial charge in [-0.25, -0.2) is 9.66 Å². The van der Waals surface area contributed by atoms with Crippen LogP contribution in [-0.4, -0.2) is 20.7 Å². The van der Waals surface area contributed by atoms with Crippen molar-refractivity contribution in [2.45, 2.75) is 32.3 Å². The first-order chi connectivity index (χ1) is 12.3. The number of amides is 1. The number of nitrogens with zero attached hydrogens (tertiary/aromatic N) is 2. The van der Waals surface area contributed by atoms with Crippen molar-refractivity contribution in [2.75, 3.05) is 5.43 Å². The molecule has 1 amide bonds. The van der Waals surface area contributed by atoms with E-state index in [-0.39, 0.29) is 11.4 Å². The minimum atomic E-state index is -1.29. The van der Waals surface area contributed by atoms with E-state index < -0.39 is 17.4 Å². The molecule has 0 radical (unpaired) electrons.